The van der Waals surface area contributed by atoms with Gasteiger partial charge in [-0.1, -0.05) is 11.6 Å². The lowest BCUT2D eigenvalue weighted by Gasteiger charge is -2.20. The van der Waals surface area contributed by atoms with E-state index in [9.17, 15) is 9.18 Å². The minimum Gasteiger partial charge on any atom is -0.323 e. The molecular weight excluding hydrogens is 311 g/mol. The second-order valence-corrected chi connectivity index (χ2v) is 6.75. The molecular formula is C15H17ClFN2OS+. The number of halogens is 2. The lowest BCUT2D eigenvalue weighted by molar-refractivity contribution is -0.907. The molecule has 0 aliphatic carbocycles. The van der Waals surface area contributed by atoms with Crippen LogP contribution < -0.4 is 10.2 Å². The van der Waals surface area contributed by atoms with Gasteiger partial charge in [0.25, 0.3) is 5.91 Å². The summed E-state index contributed by atoms with van der Waals surface area (Å²) in [7, 11) is 1.96. The van der Waals surface area contributed by atoms with Gasteiger partial charge < -0.3 is 10.2 Å². The van der Waals surface area contributed by atoms with Gasteiger partial charge >= 0.3 is 0 Å². The van der Waals surface area contributed by atoms with E-state index in [1.54, 1.807) is 12.1 Å². The topological polar surface area (TPSA) is 33.5 Å². The molecule has 1 heterocycles. The molecule has 0 bridgehead atoms. The van der Waals surface area contributed by atoms with Crippen molar-refractivity contribution < 1.29 is 14.1 Å². The Bertz CT molecular complexity index is 614. The summed E-state index contributed by atoms with van der Waals surface area (Å²) in [6, 6.07) is 9.35. The fourth-order valence-electron chi connectivity index (χ4n) is 1.88. The van der Waals surface area contributed by atoms with Crippen LogP contribution in [0.4, 0.5) is 10.1 Å². The van der Waals surface area contributed by atoms with Gasteiger partial charge in [0.15, 0.2) is 6.04 Å². The van der Waals surface area contributed by atoms with Gasteiger partial charge in [0.1, 0.15) is 12.4 Å². The third kappa shape index (κ3) is 4.52. The van der Waals surface area contributed by atoms with Crippen molar-refractivity contribution in [2.75, 3.05) is 12.4 Å². The molecule has 112 valence electrons. The molecule has 1 amide bonds. The maximum atomic E-state index is 12.8. The van der Waals surface area contributed by atoms with Gasteiger partial charge in [-0.3, -0.25) is 4.79 Å². The summed E-state index contributed by atoms with van der Waals surface area (Å²) in [5.74, 6) is -0.417. The summed E-state index contributed by atoms with van der Waals surface area (Å²) in [5.41, 5.74) is 0.597. The molecule has 0 saturated carbocycles. The summed E-state index contributed by atoms with van der Waals surface area (Å²) < 4.78 is 13.6. The smallest absolute Gasteiger partial charge is 0.282 e. The van der Waals surface area contributed by atoms with Gasteiger partial charge in [0.05, 0.1) is 16.3 Å². The average Bonchev–Trinajstić information content (AvgIpc) is 2.85. The van der Waals surface area contributed by atoms with E-state index in [0.29, 0.717) is 5.69 Å². The molecule has 1 aromatic carbocycles. The minimum absolute atomic E-state index is 0.0956. The molecule has 6 heteroatoms. The monoisotopic (exact) mass is 327 g/mol. The molecule has 0 radical (unpaired) electrons. The molecule has 2 N–H and O–H groups in total. The first kappa shape index (κ1) is 15.9. The molecule has 2 aromatic rings. The lowest BCUT2D eigenvalue weighted by atomic mass is 10.2. The van der Waals surface area contributed by atoms with Gasteiger partial charge in [-0.15, -0.1) is 11.3 Å². The number of quaternary nitrogens is 1. The van der Waals surface area contributed by atoms with E-state index in [-0.39, 0.29) is 17.8 Å². The second-order valence-electron chi connectivity index (χ2n) is 4.95. The normalized spacial score (nSPS) is 13.7. The molecule has 1 aromatic heterocycles. The van der Waals surface area contributed by atoms with Gasteiger partial charge in [0.2, 0.25) is 0 Å². The van der Waals surface area contributed by atoms with Crippen molar-refractivity contribution in [3.63, 3.8) is 0 Å². The predicted molar refractivity (Wildman–Crippen MR) is 84.4 cm³/mol. The van der Waals surface area contributed by atoms with E-state index in [1.807, 2.05) is 26.1 Å². The van der Waals surface area contributed by atoms with Crippen molar-refractivity contribution >= 4 is 34.5 Å². The minimum atomic E-state index is -0.321. The van der Waals surface area contributed by atoms with E-state index in [2.05, 4.69) is 5.32 Å². The molecule has 3 nitrogen and oxygen atoms in total. The van der Waals surface area contributed by atoms with Crippen LogP contribution in [0.2, 0.25) is 4.34 Å². The zero-order valence-electron chi connectivity index (χ0n) is 11.8. The van der Waals surface area contributed by atoms with Crippen LogP contribution in [0.5, 0.6) is 0 Å². The molecule has 0 aliphatic heterocycles. The van der Waals surface area contributed by atoms with Crippen molar-refractivity contribution in [1.82, 2.24) is 0 Å². The highest BCUT2D eigenvalue weighted by Gasteiger charge is 2.22. The van der Waals surface area contributed by atoms with E-state index >= 15 is 0 Å². The highest BCUT2D eigenvalue weighted by atomic mass is 35.5. The van der Waals surface area contributed by atoms with Crippen LogP contribution in [-0.2, 0) is 11.3 Å². The van der Waals surface area contributed by atoms with Crippen LogP contribution in [0.15, 0.2) is 36.4 Å². The van der Waals surface area contributed by atoms with Gasteiger partial charge in [-0.05, 0) is 43.3 Å². The largest absolute Gasteiger partial charge is 0.323 e. The summed E-state index contributed by atoms with van der Waals surface area (Å²) in [6.45, 7) is 2.60. The molecule has 1 unspecified atom stereocenters. The highest BCUT2D eigenvalue weighted by molar-refractivity contribution is 7.16. The number of carbonyl (C=O) groups excluding carboxylic acids is 1. The number of likely N-dealkylation sites (N-methyl/N-ethyl adjacent to an activating group) is 1. The number of nitrogens with one attached hydrogen (secondary N) is 2. The third-order valence-electron chi connectivity index (χ3n) is 3.33. The van der Waals surface area contributed by atoms with Crippen molar-refractivity contribution in [1.29, 1.82) is 0 Å². The Morgan fingerprint density at radius 2 is 2.00 bits per heavy atom. The Balaban J connectivity index is 1.93. The summed E-state index contributed by atoms with van der Waals surface area (Å²) in [5, 5.41) is 2.79. The Kier molecular flexibility index (Phi) is 5.33. The standard InChI is InChI=1S/C15H16ClFN2OS/c1-10(19(2)9-13-7-8-14(16)21-13)15(20)18-12-5-3-11(17)4-6-12/h3-8,10H,9H2,1-2H3,(H,18,20)/p+1/t10-/m1/s1. The third-order valence-corrected chi connectivity index (χ3v) is 4.56. The predicted octanol–water partition coefficient (Wildman–Crippen LogP) is 2.58. The first-order chi connectivity index (χ1) is 9.95. The number of amides is 1. The van der Waals surface area contributed by atoms with Crippen molar-refractivity contribution in [2.45, 2.75) is 19.5 Å². The molecule has 2 rings (SSSR count). The fourth-order valence-corrected chi connectivity index (χ4v) is 3.06. The van der Waals surface area contributed by atoms with Crippen LogP contribution in [0.1, 0.15) is 11.8 Å². The fraction of sp³-hybridized carbons (Fsp3) is 0.267. The summed E-state index contributed by atoms with van der Waals surface area (Å²) in [4.78, 5) is 14.4. The molecule has 0 aliphatic rings. The molecule has 21 heavy (non-hydrogen) atoms. The number of benzene rings is 1. The molecule has 2 atom stereocenters. The SMILES string of the molecule is C[C@H](C(=O)Nc1ccc(F)cc1)[NH+](C)Cc1ccc(Cl)s1. The van der Waals surface area contributed by atoms with E-state index < -0.39 is 0 Å². The Morgan fingerprint density at radius 1 is 1.33 bits per heavy atom. The Labute approximate surface area is 132 Å². The number of hydrogen-bond acceptors (Lipinski definition) is 2. The number of thiophene rings is 1. The molecule has 0 spiro atoms. The first-order valence-corrected chi connectivity index (χ1v) is 7.78. The summed E-state index contributed by atoms with van der Waals surface area (Å²) in [6.07, 6.45) is 0. The first-order valence-electron chi connectivity index (χ1n) is 6.58. The van der Waals surface area contributed by atoms with Gasteiger partial charge in [-0.25, -0.2) is 4.39 Å². The van der Waals surface area contributed by atoms with Crippen LogP contribution in [0.3, 0.4) is 0 Å². The van der Waals surface area contributed by atoms with E-state index in [0.717, 1.165) is 20.7 Å². The number of carbonyl (C=O) groups is 1. The highest BCUT2D eigenvalue weighted by Crippen LogP contribution is 2.20. The maximum absolute atomic E-state index is 12.8. The summed E-state index contributed by atoms with van der Waals surface area (Å²) >= 11 is 7.43. The van der Waals surface area contributed by atoms with Gasteiger partial charge in [-0.2, -0.15) is 0 Å². The number of hydrogen-bond donors (Lipinski definition) is 2. The van der Waals surface area contributed by atoms with Crippen molar-refractivity contribution in [3.05, 3.63) is 51.4 Å². The van der Waals surface area contributed by atoms with Crippen molar-refractivity contribution in [3.8, 4) is 0 Å². The van der Waals surface area contributed by atoms with Crippen LogP contribution in [0.25, 0.3) is 0 Å². The van der Waals surface area contributed by atoms with E-state index in [4.69, 9.17) is 11.6 Å². The van der Waals surface area contributed by atoms with Crippen molar-refractivity contribution in [2.24, 2.45) is 0 Å². The Morgan fingerprint density at radius 3 is 2.57 bits per heavy atom. The van der Waals surface area contributed by atoms with Crippen LogP contribution >= 0.6 is 22.9 Å². The number of rotatable bonds is 5. The Hall–Kier alpha value is -1.43. The zero-order valence-corrected chi connectivity index (χ0v) is 13.4. The zero-order chi connectivity index (χ0) is 15.4. The number of anilines is 1. The van der Waals surface area contributed by atoms with Crippen LogP contribution in [-0.4, -0.2) is 19.0 Å². The lowest BCUT2D eigenvalue weighted by Crippen LogP contribution is -3.12. The molecule has 0 saturated heterocycles. The van der Waals surface area contributed by atoms with Gasteiger partial charge in [0, 0.05) is 5.69 Å². The molecule has 0 fully saturated rings. The average molecular weight is 328 g/mol. The van der Waals surface area contributed by atoms with E-state index in [1.165, 1.54) is 23.5 Å². The van der Waals surface area contributed by atoms with Crippen LogP contribution in [0, 0.1) is 5.82 Å². The second kappa shape index (κ2) is 7.02. The maximum Gasteiger partial charge on any atom is 0.282 e. The quantitative estimate of drug-likeness (QED) is 0.869.